The van der Waals surface area contributed by atoms with Gasteiger partial charge in [-0.3, -0.25) is 4.79 Å². The average molecular weight is 524 g/mol. The van der Waals surface area contributed by atoms with E-state index in [9.17, 15) is 4.79 Å². The molecule has 4 N–H and O–H groups in total. The van der Waals surface area contributed by atoms with Crippen molar-refractivity contribution < 1.29 is 9.53 Å². The van der Waals surface area contributed by atoms with Gasteiger partial charge in [0.05, 0.1) is 11.5 Å². The summed E-state index contributed by atoms with van der Waals surface area (Å²) in [6.07, 6.45) is 11.2. The third-order valence-corrected chi connectivity index (χ3v) is 7.51. The zero-order chi connectivity index (χ0) is 25.5. The van der Waals surface area contributed by atoms with Crippen LogP contribution in [0.1, 0.15) is 54.7 Å². The van der Waals surface area contributed by atoms with Crippen molar-refractivity contribution in [1.82, 2.24) is 20.5 Å². The Labute approximate surface area is 220 Å². The van der Waals surface area contributed by atoms with Crippen LogP contribution in [0.5, 0.6) is 0 Å². The van der Waals surface area contributed by atoms with E-state index in [1.54, 1.807) is 29.8 Å². The van der Waals surface area contributed by atoms with Gasteiger partial charge in [-0.25, -0.2) is 0 Å². The van der Waals surface area contributed by atoms with Gasteiger partial charge in [0.2, 0.25) is 5.91 Å². The summed E-state index contributed by atoms with van der Waals surface area (Å²) < 4.78 is 6.63. The minimum atomic E-state index is -0.324. The highest BCUT2D eigenvalue weighted by molar-refractivity contribution is 7.16. The lowest BCUT2D eigenvalue weighted by Gasteiger charge is -2.21. The van der Waals surface area contributed by atoms with Crippen molar-refractivity contribution in [3.8, 4) is 10.7 Å². The lowest BCUT2D eigenvalue weighted by Crippen LogP contribution is -2.17. The van der Waals surface area contributed by atoms with Crippen LogP contribution in [0, 0.1) is 5.92 Å². The van der Waals surface area contributed by atoms with Crippen LogP contribution in [-0.2, 0) is 9.53 Å². The van der Waals surface area contributed by atoms with E-state index >= 15 is 0 Å². The van der Waals surface area contributed by atoms with E-state index < -0.39 is 0 Å². The topological polar surface area (TPSA) is 106 Å². The fourth-order valence-corrected chi connectivity index (χ4v) is 5.67. The number of carbonyl (C=O) groups excluding carboxylic acids is 1. The summed E-state index contributed by atoms with van der Waals surface area (Å²) >= 11 is 7.73. The number of carbonyl (C=O) groups is 1. The largest absolute Gasteiger partial charge is 0.405 e. The summed E-state index contributed by atoms with van der Waals surface area (Å²) in [6.45, 7) is 6.07. The van der Waals surface area contributed by atoms with Gasteiger partial charge >= 0.3 is 0 Å². The quantitative estimate of drug-likeness (QED) is 0.283. The normalized spacial score (nSPS) is 15.4. The number of hydrogen-bond acceptors (Lipinski definition) is 6. The number of halogens is 1. The van der Waals surface area contributed by atoms with Crippen LogP contribution in [0.2, 0.25) is 5.02 Å². The molecule has 3 aromatic rings. The molecule has 0 saturated heterocycles. The number of nitrogens with two attached hydrogens (primary N) is 1. The van der Waals surface area contributed by atoms with E-state index in [4.69, 9.17) is 22.1 Å². The molecule has 1 unspecified atom stereocenters. The van der Waals surface area contributed by atoms with E-state index in [1.165, 1.54) is 38.8 Å². The van der Waals surface area contributed by atoms with Crippen LogP contribution in [0.3, 0.4) is 0 Å². The number of H-pyrrole nitrogens is 1. The van der Waals surface area contributed by atoms with Crippen LogP contribution in [0.15, 0.2) is 67.3 Å². The number of aromatic amines is 1. The van der Waals surface area contributed by atoms with Crippen LogP contribution in [-0.4, -0.2) is 27.7 Å². The molecular formula is C27H30ClN5O2S. The predicted octanol–water partition coefficient (Wildman–Crippen LogP) is 5.99. The number of hydrogen-bond donors (Lipinski definition) is 3. The summed E-state index contributed by atoms with van der Waals surface area (Å²) in [4.78, 5) is 16.5. The Bertz CT molecular complexity index is 1240. The predicted molar refractivity (Wildman–Crippen MR) is 145 cm³/mol. The molecule has 2 heterocycles. The monoisotopic (exact) mass is 523 g/mol. The third kappa shape index (κ3) is 6.51. The van der Waals surface area contributed by atoms with Crippen molar-refractivity contribution in [3.05, 3.63) is 88.3 Å². The van der Waals surface area contributed by atoms with E-state index in [0.29, 0.717) is 29.1 Å². The van der Waals surface area contributed by atoms with Crippen molar-refractivity contribution in [1.29, 1.82) is 0 Å². The smallest absolute Gasteiger partial charge is 0.221 e. The molecule has 2 aromatic heterocycles. The Balaban J connectivity index is 1.79. The van der Waals surface area contributed by atoms with Crippen LogP contribution >= 0.6 is 22.9 Å². The second-order valence-corrected chi connectivity index (χ2v) is 10.3. The van der Waals surface area contributed by atoms with E-state index in [2.05, 4.69) is 33.1 Å². The van der Waals surface area contributed by atoms with E-state index in [1.807, 2.05) is 24.3 Å². The Morgan fingerprint density at radius 2 is 2.11 bits per heavy atom. The molecule has 0 spiro atoms. The molecule has 1 amide bonds. The van der Waals surface area contributed by atoms with Gasteiger partial charge in [-0.15, -0.1) is 21.5 Å². The zero-order valence-corrected chi connectivity index (χ0v) is 21.7. The molecule has 1 aromatic carbocycles. The number of benzene rings is 1. The summed E-state index contributed by atoms with van der Waals surface area (Å²) in [5, 5.41) is 11.7. The Hall–Kier alpha value is -3.20. The van der Waals surface area contributed by atoms with Gasteiger partial charge in [-0.05, 0) is 66.4 Å². The molecule has 0 aliphatic heterocycles. The minimum absolute atomic E-state index is 0.190. The highest BCUT2D eigenvalue weighted by Gasteiger charge is 2.26. The lowest BCUT2D eigenvalue weighted by molar-refractivity contribution is -0.118. The second kappa shape index (κ2) is 12.2. The molecular weight excluding hydrogens is 494 g/mol. The summed E-state index contributed by atoms with van der Waals surface area (Å²) in [5.41, 5.74) is 9.01. The van der Waals surface area contributed by atoms with Gasteiger partial charge in [0.25, 0.3) is 0 Å². The summed E-state index contributed by atoms with van der Waals surface area (Å²) in [5.74, 6) is 1.02. The molecule has 1 aliphatic carbocycles. The summed E-state index contributed by atoms with van der Waals surface area (Å²) in [7, 11) is 0. The Morgan fingerprint density at radius 1 is 1.36 bits per heavy atom. The van der Waals surface area contributed by atoms with Crippen LogP contribution in [0.4, 0.5) is 0 Å². The molecule has 4 rings (SSSR count). The number of thiophene rings is 1. The molecule has 7 nitrogen and oxygen atoms in total. The standard InChI is InChI=1S/C27H30ClN5O2S/c1-17(32-18(2)34)13-21(11-12-29)24-14-23(26(36-24)27-30-16-31-33-27)25(20-7-9-22(28)10-8-20)35-15-19-5-3-4-6-19/h7-14,16,19,25H,1,3-6,15,29H2,2H3,(H,32,34)(H,30,31,33)/b12-11-,21-13+. The van der Waals surface area contributed by atoms with Gasteiger partial charge in [-0.2, -0.15) is 0 Å². The molecule has 0 bridgehead atoms. The van der Waals surface area contributed by atoms with Gasteiger partial charge in [0.1, 0.15) is 12.4 Å². The fraction of sp³-hybridized carbons (Fsp3) is 0.296. The molecule has 1 saturated carbocycles. The molecule has 0 radical (unpaired) electrons. The maximum absolute atomic E-state index is 11.5. The fourth-order valence-electron chi connectivity index (χ4n) is 4.41. The van der Waals surface area contributed by atoms with Gasteiger partial charge in [0, 0.05) is 28.1 Å². The maximum Gasteiger partial charge on any atom is 0.221 e. The number of nitrogens with zero attached hydrogens (tertiary/aromatic N) is 2. The van der Waals surface area contributed by atoms with Crippen molar-refractivity contribution in [3.63, 3.8) is 0 Å². The van der Waals surface area contributed by atoms with Crippen molar-refractivity contribution in [2.75, 3.05) is 6.61 Å². The molecule has 188 valence electrons. The Kier molecular flexibility index (Phi) is 8.74. The zero-order valence-electron chi connectivity index (χ0n) is 20.2. The molecule has 36 heavy (non-hydrogen) atoms. The number of nitrogens with one attached hydrogen (secondary N) is 2. The van der Waals surface area contributed by atoms with Gasteiger partial charge in [-0.1, -0.05) is 43.2 Å². The van der Waals surface area contributed by atoms with Crippen LogP contribution in [0.25, 0.3) is 16.3 Å². The number of ether oxygens (including phenoxy) is 1. The molecule has 9 heteroatoms. The highest BCUT2D eigenvalue weighted by atomic mass is 35.5. The van der Waals surface area contributed by atoms with Gasteiger partial charge in [0.15, 0.2) is 5.82 Å². The lowest BCUT2D eigenvalue weighted by atomic mass is 9.99. The first-order valence-electron chi connectivity index (χ1n) is 11.9. The van der Waals surface area contributed by atoms with Crippen molar-refractivity contribution in [2.24, 2.45) is 11.7 Å². The first-order chi connectivity index (χ1) is 17.4. The van der Waals surface area contributed by atoms with Crippen LogP contribution < -0.4 is 11.1 Å². The number of rotatable bonds is 10. The SMILES string of the molecule is C=C(/C=C(\C=C/N)c1cc(C(OCC2CCCC2)c2ccc(Cl)cc2)c(-c2nnc[nH]2)s1)NC(C)=O. The van der Waals surface area contributed by atoms with Gasteiger partial charge < -0.3 is 20.8 Å². The highest BCUT2D eigenvalue weighted by Crippen LogP contribution is 2.42. The molecule has 1 atom stereocenters. The summed E-state index contributed by atoms with van der Waals surface area (Å²) in [6, 6.07) is 9.84. The average Bonchev–Trinajstić information content (AvgIpc) is 3.61. The van der Waals surface area contributed by atoms with Crippen molar-refractivity contribution >= 4 is 34.4 Å². The third-order valence-electron chi connectivity index (χ3n) is 6.05. The Morgan fingerprint density at radius 3 is 2.75 bits per heavy atom. The van der Waals surface area contributed by atoms with E-state index in [-0.39, 0.29) is 12.0 Å². The van der Waals surface area contributed by atoms with E-state index in [0.717, 1.165) is 26.5 Å². The number of allylic oxidation sites excluding steroid dienone is 3. The number of aromatic nitrogens is 3. The number of amides is 1. The first kappa shape index (κ1) is 25.9. The molecule has 1 fully saturated rings. The van der Waals surface area contributed by atoms with Crippen molar-refractivity contribution in [2.45, 2.75) is 38.7 Å². The minimum Gasteiger partial charge on any atom is -0.405 e. The first-order valence-corrected chi connectivity index (χ1v) is 13.1. The maximum atomic E-state index is 11.5. The molecule has 1 aliphatic rings. The second-order valence-electron chi connectivity index (χ2n) is 8.81.